The summed E-state index contributed by atoms with van der Waals surface area (Å²) in [7, 11) is 1.67. The number of fused-ring (bicyclic) bond motifs is 1. The molecule has 5 aliphatic rings. The predicted octanol–water partition coefficient (Wildman–Crippen LogP) is 4.23. The first-order valence-corrected chi connectivity index (χ1v) is 16.0. The molecule has 0 radical (unpaired) electrons. The molecule has 8 heteroatoms. The molecule has 0 bridgehead atoms. The van der Waals surface area contributed by atoms with Crippen molar-refractivity contribution in [1.29, 1.82) is 0 Å². The molecule has 0 spiro atoms. The number of rotatable bonds is 8. The normalized spacial score (nSPS) is 36.3. The van der Waals surface area contributed by atoms with E-state index in [1.54, 1.807) is 7.05 Å². The van der Waals surface area contributed by atoms with Crippen LogP contribution in [-0.4, -0.2) is 89.3 Å². The number of imide groups is 1. The average molecular weight is 531 g/mol. The van der Waals surface area contributed by atoms with Gasteiger partial charge in [-0.2, -0.15) is 0 Å². The standard InChI is InChI=1S/C30H54N6O2/c1-5-34-18-10-9-13-25(34)23-16-14-22(15-17-23)20-36-27(31-24-11-7-6-8-12-24)26-28(32-36)35(19-21(2)3)30(38)33(4)29(26)37/h21-28,31-32H,5-20H2,1-4H3. The number of likely N-dealkylation sites (tertiary alicyclic amines) is 1. The van der Waals surface area contributed by atoms with Crippen LogP contribution in [0.15, 0.2) is 0 Å². The molecule has 2 saturated carbocycles. The lowest BCUT2D eigenvalue weighted by Crippen LogP contribution is -2.64. The highest BCUT2D eigenvalue weighted by atomic mass is 16.2. The van der Waals surface area contributed by atoms with Gasteiger partial charge in [-0.25, -0.2) is 15.2 Å². The number of nitrogens with one attached hydrogen (secondary N) is 2. The molecule has 3 amide bonds. The Kier molecular flexibility index (Phi) is 9.33. The van der Waals surface area contributed by atoms with Gasteiger partial charge in [0.25, 0.3) is 0 Å². The topological polar surface area (TPSA) is 71.2 Å². The van der Waals surface area contributed by atoms with Crippen molar-refractivity contribution in [2.75, 3.05) is 33.2 Å². The van der Waals surface area contributed by atoms with Gasteiger partial charge in [-0.05, 0) is 82.2 Å². The van der Waals surface area contributed by atoms with E-state index >= 15 is 0 Å². The number of piperidine rings is 1. The van der Waals surface area contributed by atoms with Crippen molar-refractivity contribution in [3.63, 3.8) is 0 Å². The summed E-state index contributed by atoms with van der Waals surface area (Å²) in [6.45, 7) is 10.7. The fourth-order valence-corrected chi connectivity index (χ4v) is 8.29. The van der Waals surface area contributed by atoms with Crippen molar-refractivity contribution in [1.82, 2.24) is 30.5 Å². The molecule has 0 aromatic carbocycles. The number of nitrogens with zero attached hydrogens (tertiary/aromatic N) is 4. The lowest BCUT2D eigenvalue weighted by atomic mass is 9.76. The minimum atomic E-state index is -0.268. The third-order valence-electron chi connectivity index (χ3n) is 10.3. The predicted molar refractivity (Wildman–Crippen MR) is 151 cm³/mol. The Morgan fingerprint density at radius 1 is 0.947 bits per heavy atom. The van der Waals surface area contributed by atoms with Crippen LogP contribution in [0.25, 0.3) is 0 Å². The van der Waals surface area contributed by atoms with Gasteiger partial charge in [-0.1, -0.05) is 46.5 Å². The van der Waals surface area contributed by atoms with Crippen molar-refractivity contribution in [3.8, 4) is 0 Å². The van der Waals surface area contributed by atoms with Crippen molar-refractivity contribution < 1.29 is 9.59 Å². The second-order valence-corrected chi connectivity index (χ2v) is 13.4. The highest BCUT2D eigenvalue weighted by Crippen LogP contribution is 2.38. The maximum atomic E-state index is 13.6. The van der Waals surface area contributed by atoms with Gasteiger partial charge < -0.3 is 9.80 Å². The molecule has 3 saturated heterocycles. The maximum Gasteiger partial charge on any atom is 0.327 e. The fourth-order valence-electron chi connectivity index (χ4n) is 8.29. The highest BCUT2D eigenvalue weighted by molar-refractivity contribution is 5.98. The Morgan fingerprint density at radius 3 is 2.34 bits per heavy atom. The van der Waals surface area contributed by atoms with Crippen LogP contribution in [0.3, 0.4) is 0 Å². The second-order valence-electron chi connectivity index (χ2n) is 13.4. The van der Waals surface area contributed by atoms with Gasteiger partial charge in [0, 0.05) is 32.2 Å². The van der Waals surface area contributed by atoms with E-state index in [2.05, 4.69) is 41.4 Å². The lowest BCUT2D eigenvalue weighted by molar-refractivity contribution is -0.138. The third-order valence-corrected chi connectivity index (χ3v) is 10.3. The molecular weight excluding hydrogens is 476 g/mol. The highest BCUT2D eigenvalue weighted by Gasteiger charge is 2.55. The number of carbonyl (C=O) groups is 2. The quantitative estimate of drug-likeness (QED) is 0.490. The summed E-state index contributed by atoms with van der Waals surface area (Å²) in [5.74, 6) is 1.51. The summed E-state index contributed by atoms with van der Waals surface area (Å²) in [6, 6.07) is 1.07. The summed E-state index contributed by atoms with van der Waals surface area (Å²) in [5, 5.41) is 6.29. The molecular formula is C30H54N6O2. The molecule has 2 N–H and O–H groups in total. The van der Waals surface area contributed by atoms with Crippen LogP contribution in [-0.2, 0) is 4.79 Å². The molecule has 216 valence electrons. The minimum absolute atomic E-state index is 0.0380. The number of carbonyl (C=O) groups excluding carboxylic acids is 2. The average Bonchev–Trinajstić information content (AvgIpc) is 3.28. The second kappa shape index (κ2) is 12.5. The Hall–Kier alpha value is -1.22. The zero-order valence-corrected chi connectivity index (χ0v) is 24.5. The van der Waals surface area contributed by atoms with Crippen molar-refractivity contribution >= 4 is 11.9 Å². The van der Waals surface area contributed by atoms with Gasteiger partial charge in [-0.15, -0.1) is 0 Å². The third kappa shape index (κ3) is 5.93. The molecule has 5 fully saturated rings. The van der Waals surface area contributed by atoms with Crippen LogP contribution in [0.4, 0.5) is 4.79 Å². The van der Waals surface area contributed by atoms with Gasteiger partial charge in [0.05, 0.1) is 6.17 Å². The van der Waals surface area contributed by atoms with Crippen LogP contribution >= 0.6 is 0 Å². The van der Waals surface area contributed by atoms with Crippen LogP contribution in [0.5, 0.6) is 0 Å². The minimum Gasteiger partial charge on any atom is -0.306 e. The van der Waals surface area contributed by atoms with Gasteiger partial charge in [0.1, 0.15) is 12.1 Å². The summed E-state index contributed by atoms with van der Waals surface area (Å²) in [6.07, 6.45) is 15.2. The number of amides is 3. The van der Waals surface area contributed by atoms with E-state index < -0.39 is 0 Å². The van der Waals surface area contributed by atoms with Crippen LogP contribution in [0.2, 0.25) is 0 Å². The largest absolute Gasteiger partial charge is 0.327 e. The Balaban J connectivity index is 1.29. The van der Waals surface area contributed by atoms with Crippen LogP contribution in [0.1, 0.15) is 97.8 Å². The van der Waals surface area contributed by atoms with Crippen molar-refractivity contribution in [2.24, 2.45) is 23.7 Å². The Morgan fingerprint density at radius 2 is 1.66 bits per heavy atom. The zero-order valence-electron chi connectivity index (χ0n) is 24.5. The van der Waals surface area contributed by atoms with Crippen molar-refractivity contribution in [2.45, 2.75) is 122 Å². The van der Waals surface area contributed by atoms with Gasteiger partial charge in [-0.3, -0.25) is 15.0 Å². The van der Waals surface area contributed by atoms with Crippen LogP contribution in [0, 0.1) is 23.7 Å². The van der Waals surface area contributed by atoms with E-state index in [1.807, 2.05) is 4.90 Å². The number of hydrazine groups is 1. The summed E-state index contributed by atoms with van der Waals surface area (Å²) < 4.78 is 0. The first-order valence-electron chi connectivity index (χ1n) is 16.0. The first kappa shape index (κ1) is 28.3. The fraction of sp³-hybridized carbons (Fsp3) is 0.933. The summed E-state index contributed by atoms with van der Waals surface area (Å²) >= 11 is 0. The summed E-state index contributed by atoms with van der Waals surface area (Å²) in [4.78, 5) is 32.8. The van der Waals surface area contributed by atoms with E-state index in [0.717, 1.165) is 18.5 Å². The summed E-state index contributed by atoms with van der Waals surface area (Å²) in [5.41, 5.74) is 3.73. The van der Waals surface area contributed by atoms with Gasteiger partial charge in [0.2, 0.25) is 5.91 Å². The van der Waals surface area contributed by atoms with E-state index in [-0.39, 0.29) is 30.2 Å². The van der Waals surface area contributed by atoms with E-state index in [0.29, 0.717) is 24.4 Å². The van der Waals surface area contributed by atoms with E-state index in [4.69, 9.17) is 0 Å². The molecule has 0 aromatic heterocycles. The first-order chi connectivity index (χ1) is 18.4. The molecule has 3 aliphatic heterocycles. The SMILES string of the molecule is CCN1CCCCC1C1CCC(CN2NC3C(C(=O)N(C)C(=O)N3CC(C)C)C2NC2CCCCC2)CC1. The molecule has 3 heterocycles. The van der Waals surface area contributed by atoms with E-state index in [1.165, 1.54) is 95.0 Å². The molecule has 5 rings (SSSR count). The van der Waals surface area contributed by atoms with E-state index in [9.17, 15) is 9.59 Å². The smallest absolute Gasteiger partial charge is 0.306 e. The number of hydrogen-bond donors (Lipinski definition) is 2. The molecule has 8 nitrogen and oxygen atoms in total. The lowest BCUT2D eigenvalue weighted by Gasteiger charge is -2.43. The molecule has 2 aliphatic carbocycles. The molecule has 4 unspecified atom stereocenters. The van der Waals surface area contributed by atoms with Crippen LogP contribution < -0.4 is 10.7 Å². The van der Waals surface area contributed by atoms with Crippen molar-refractivity contribution in [3.05, 3.63) is 0 Å². The molecule has 0 aromatic rings. The monoisotopic (exact) mass is 530 g/mol. The Labute approximate surface area is 231 Å². The number of urea groups is 1. The zero-order chi connectivity index (χ0) is 26.8. The maximum absolute atomic E-state index is 13.6. The Bertz CT molecular complexity index is 809. The molecule has 4 atom stereocenters. The number of hydrogen-bond acceptors (Lipinski definition) is 6. The van der Waals surface area contributed by atoms with Gasteiger partial charge in [0.15, 0.2) is 0 Å². The molecule has 38 heavy (non-hydrogen) atoms. The van der Waals surface area contributed by atoms with Gasteiger partial charge >= 0.3 is 6.03 Å².